The lowest BCUT2D eigenvalue weighted by Gasteiger charge is -2.22. The minimum absolute atomic E-state index is 0. The zero-order valence-electron chi connectivity index (χ0n) is 19.0. The quantitative estimate of drug-likeness (QED) is 0.310. The summed E-state index contributed by atoms with van der Waals surface area (Å²) in [6, 6.07) is 23.8. The molecule has 0 bridgehead atoms. The number of carbonyl (C=O) groups is 1. The first kappa shape index (κ1) is 24.7. The first-order valence-corrected chi connectivity index (χ1v) is 11.5. The van der Waals surface area contributed by atoms with Gasteiger partial charge in [-0.15, -0.1) is 12.4 Å². The lowest BCUT2D eigenvalue weighted by molar-refractivity contribution is 0.0985. The molecule has 3 aromatic carbocycles. The highest BCUT2D eigenvalue weighted by molar-refractivity contribution is 7.22. The fraction of sp³-hybridized carbons (Fsp3) is 0.231. The van der Waals surface area contributed by atoms with Crippen molar-refractivity contribution in [2.75, 3.05) is 38.7 Å². The number of carbonyl (C=O) groups excluding carboxylic acids is 1. The second kappa shape index (κ2) is 11.3. The molecule has 7 heteroatoms. The Morgan fingerprint density at radius 2 is 1.61 bits per heavy atom. The lowest BCUT2D eigenvalue weighted by atomic mass is 10.0. The van der Waals surface area contributed by atoms with Gasteiger partial charge in [0.15, 0.2) is 5.13 Å². The topological polar surface area (TPSA) is 45.7 Å². The molecule has 172 valence electrons. The Bertz CT molecular complexity index is 1190. The number of halogens is 1. The van der Waals surface area contributed by atoms with Gasteiger partial charge in [0, 0.05) is 18.7 Å². The first-order valence-electron chi connectivity index (χ1n) is 10.7. The van der Waals surface area contributed by atoms with Crippen molar-refractivity contribution in [3.8, 4) is 16.9 Å². The number of hydrogen-bond acceptors (Lipinski definition) is 5. The van der Waals surface area contributed by atoms with Crippen molar-refractivity contribution in [1.29, 1.82) is 0 Å². The van der Waals surface area contributed by atoms with Crippen molar-refractivity contribution in [3.63, 3.8) is 0 Å². The summed E-state index contributed by atoms with van der Waals surface area (Å²) in [5.41, 5.74) is 3.66. The number of amides is 1. The summed E-state index contributed by atoms with van der Waals surface area (Å²) < 4.78 is 6.75. The zero-order chi connectivity index (χ0) is 22.5. The van der Waals surface area contributed by atoms with E-state index in [4.69, 9.17) is 9.72 Å². The molecule has 0 atom stereocenters. The fourth-order valence-corrected chi connectivity index (χ4v) is 4.48. The fourth-order valence-electron chi connectivity index (χ4n) is 3.47. The van der Waals surface area contributed by atoms with Crippen LogP contribution in [0.25, 0.3) is 21.3 Å². The van der Waals surface area contributed by atoms with E-state index in [0.717, 1.165) is 33.6 Å². The Morgan fingerprint density at radius 3 is 2.27 bits per heavy atom. The van der Waals surface area contributed by atoms with Crippen molar-refractivity contribution < 1.29 is 9.53 Å². The van der Waals surface area contributed by atoms with E-state index >= 15 is 0 Å². The van der Waals surface area contributed by atoms with Gasteiger partial charge in [0.25, 0.3) is 5.91 Å². The van der Waals surface area contributed by atoms with Crippen molar-refractivity contribution in [3.05, 3.63) is 78.4 Å². The van der Waals surface area contributed by atoms with Crippen LogP contribution in [0.2, 0.25) is 0 Å². The minimum Gasteiger partial charge on any atom is -0.492 e. The maximum absolute atomic E-state index is 13.5. The summed E-state index contributed by atoms with van der Waals surface area (Å²) in [6.07, 6.45) is 0. The number of fused-ring (bicyclic) bond motifs is 1. The van der Waals surface area contributed by atoms with Crippen LogP contribution in [-0.2, 0) is 0 Å². The van der Waals surface area contributed by atoms with Gasteiger partial charge in [-0.3, -0.25) is 9.69 Å². The molecular weight excluding hydrogens is 454 g/mol. The molecule has 0 N–H and O–H groups in total. The molecular formula is C26H28ClN3O2S. The van der Waals surface area contributed by atoms with Crippen LogP contribution in [-0.4, -0.2) is 49.6 Å². The largest absolute Gasteiger partial charge is 0.492 e. The van der Waals surface area contributed by atoms with E-state index in [9.17, 15) is 4.79 Å². The Hall–Kier alpha value is -2.93. The monoisotopic (exact) mass is 481 g/mol. The average Bonchev–Trinajstić information content (AvgIpc) is 3.25. The molecule has 33 heavy (non-hydrogen) atoms. The van der Waals surface area contributed by atoms with Crippen LogP contribution >= 0.6 is 23.7 Å². The predicted molar refractivity (Wildman–Crippen MR) is 140 cm³/mol. The third-order valence-corrected chi connectivity index (χ3v) is 6.20. The first-order chi connectivity index (χ1) is 15.6. The number of anilines is 1. The highest BCUT2D eigenvalue weighted by Gasteiger charge is 2.22. The highest BCUT2D eigenvalue weighted by atomic mass is 35.5. The van der Waals surface area contributed by atoms with E-state index in [1.165, 1.54) is 11.3 Å². The number of thiazole rings is 1. The van der Waals surface area contributed by atoms with E-state index in [0.29, 0.717) is 23.8 Å². The number of likely N-dealkylation sites (N-methyl/N-ethyl adjacent to an activating group) is 1. The van der Waals surface area contributed by atoms with E-state index in [1.807, 2.05) is 81.7 Å². The molecule has 0 radical (unpaired) electrons. The van der Waals surface area contributed by atoms with Crippen LogP contribution in [0.4, 0.5) is 5.13 Å². The Labute approximate surface area is 205 Å². The van der Waals surface area contributed by atoms with Gasteiger partial charge in [0.05, 0.1) is 11.3 Å². The number of ether oxygens (including phenoxy) is 1. The average molecular weight is 482 g/mol. The summed E-state index contributed by atoms with van der Waals surface area (Å²) in [7, 11) is 4.01. The van der Waals surface area contributed by atoms with Gasteiger partial charge in [-0.2, -0.15) is 0 Å². The summed E-state index contributed by atoms with van der Waals surface area (Å²) in [5.74, 6) is 0.697. The van der Waals surface area contributed by atoms with Gasteiger partial charge in [-0.25, -0.2) is 4.98 Å². The molecule has 5 nitrogen and oxygen atoms in total. The number of para-hydroxylation sites is 1. The van der Waals surface area contributed by atoms with E-state index in [1.54, 1.807) is 4.90 Å². The highest BCUT2D eigenvalue weighted by Crippen LogP contribution is 2.35. The molecule has 0 aliphatic rings. The van der Waals surface area contributed by atoms with Crippen molar-refractivity contribution in [1.82, 2.24) is 9.88 Å². The van der Waals surface area contributed by atoms with Gasteiger partial charge in [-0.1, -0.05) is 59.9 Å². The van der Waals surface area contributed by atoms with Gasteiger partial charge >= 0.3 is 0 Å². The van der Waals surface area contributed by atoms with Gasteiger partial charge in [0.2, 0.25) is 0 Å². The SMILES string of the molecule is CCOc1cccc2sc(N(CCN(C)C)C(=O)c3ccc(-c4ccccc4)cc3)nc12.Cl. The summed E-state index contributed by atoms with van der Waals surface area (Å²) in [4.78, 5) is 22.2. The second-order valence-corrected chi connectivity index (χ2v) is 8.74. The summed E-state index contributed by atoms with van der Waals surface area (Å²) in [5, 5.41) is 0.686. The number of rotatable bonds is 8. The zero-order valence-corrected chi connectivity index (χ0v) is 20.7. The van der Waals surface area contributed by atoms with Crippen molar-refractivity contribution in [2.45, 2.75) is 6.92 Å². The molecule has 0 fully saturated rings. The van der Waals surface area contributed by atoms with Gasteiger partial charge in [0.1, 0.15) is 11.3 Å². The van der Waals surface area contributed by atoms with Crippen LogP contribution < -0.4 is 9.64 Å². The summed E-state index contributed by atoms with van der Waals surface area (Å²) in [6.45, 7) is 3.82. The normalized spacial score (nSPS) is 10.8. The maximum atomic E-state index is 13.5. The van der Waals surface area contributed by atoms with Gasteiger partial charge < -0.3 is 9.64 Å². The van der Waals surface area contributed by atoms with Crippen molar-refractivity contribution >= 4 is 45.0 Å². The number of hydrogen-bond donors (Lipinski definition) is 0. The molecule has 4 rings (SSSR count). The van der Waals surface area contributed by atoms with Crippen molar-refractivity contribution in [2.24, 2.45) is 0 Å². The number of nitrogens with zero attached hydrogens (tertiary/aromatic N) is 3. The van der Waals surface area contributed by atoms with E-state index in [2.05, 4.69) is 17.0 Å². The Balaban J connectivity index is 0.00000306. The molecule has 1 amide bonds. The molecule has 1 aromatic heterocycles. The van der Waals surface area contributed by atoms with Crippen LogP contribution in [0, 0.1) is 0 Å². The molecule has 0 saturated heterocycles. The van der Waals surface area contributed by atoms with Gasteiger partial charge in [-0.05, 0) is 56.4 Å². The summed E-state index contributed by atoms with van der Waals surface area (Å²) >= 11 is 1.52. The molecule has 0 aliphatic carbocycles. The second-order valence-electron chi connectivity index (χ2n) is 7.74. The molecule has 0 saturated carbocycles. The number of aromatic nitrogens is 1. The van der Waals surface area contributed by atoms with Crippen LogP contribution in [0.5, 0.6) is 5.75 Å². The maximum Gasteiger partial charge on any atom is 0.260 e. The predicted octanol–water partition coefficient (Wildman–Crippen LogP) is 5.99. The molecule has 1 heterocycles. The standard InChI is InChI=1S/C26H27N3O2S.ClH/c1-4-31-22-11-8-12-23-24(22)27-26(32-23)29(18-17-28(2)3)25(30)21-15-13-20(14-16-21)19-9-6-5-7-10-19;/h5-16H,4,17-18H2,1-3H3;1H. The van der Waals surface area contributed by atoms with Crippen LogP contribution in [0.3, 0.4) is 0 Å². The minimum atomic E-state index is -0.0523. The molecule has 4 aromatic rings. The molecule has 0 aliphatic heterocycles. The molecule has 0 unspecified atom stereocenters. The Morgan fingerprint density at radius 1 is 0.909 bits per heavy atom. The lowest BCUT2D eigenvalue weighted by Crippen LogP contribution is -2.36. The number of benzene rings is 3. The molecule has 0 spiro atoms. The third-order valence-electron chi connectivity index (χ3n) is 5.16. The van der Waals surface area contributed by atoms with Crippen LogP contribution in [0.1, 0.15) is 17.3 Å². The van der Waals surface area contributed by atoms with E-state index in [-0.39, 0.29) is 18.3 Å². The smallest absolute Gasteiger partial charge is 0.260 e. The Kier molecular flexibility index (Phi) is 8.44. The van der Waals surface area contributed by atoms with E-state index < -0.39 is 0 Å². The van der Waals surface area contributed by atoms with Crippen LogP contribution in [0.15, 0.2) is 72.8 Å². The third kappa shape index (κ3) is 5.71.